The van der Waals surface area contributed by atoms with Gasteiger partial charge >= 0.3 is 0 Å². The fourth-order valence-corrected chi connectivity index (χ4v) is 4.30. The van der Waals surface area contributed by atoms with E-state index in [9.17, 15) is 10.2 Å². The Kier molecular flexibility index (Phi) is 8.70. The van der Waals surface area contributed by atoms with E-state index in [-0.39, 0.29) is 18.6 Å². The van der Waals surface area contributed by atoms with Crippen LogP contribution in [0, 0.1) is 13.8 Å². The standard InChI is InChI=1S/C27H40O4/c1-7-27(8-2,22-10-9-21(19(3)15-22)13-14-26(5,6)30)23-11-12-25(20(4)16-23)31-18-24(29)17-28/h9-12,15-16,24,28-30H,7-8,13-14,17-18H2,1-6H3. The highest BCUT2D eigenvalue weighted by Crippen LogP contribution is 2.41. The van der Waals surface area contributed by atoms with Crippen LogP contribution in [0.3, 0.4) is 0 Å². The molecule has 31 heavy (non-hydrogen) atoms. The highest BCUT2D eigenvalue weighted by atomic mass is 16.5. The summed E-state index contributed by atoms with van der Waals surface area (Å²) < 4.78 is 5.69. The van der Waals surface area contributed by atoms with Crippen LogP contribution in [0.2, 0.25) is 0 Å². The molecule has 0 bridgehead atoms. The summed E-state index contributed by atoms with van der Waals surface area (Å²) in [7, 11) is 0. The number of hydrogen-bond acceptors (Lipinski definition) is 4. The number of aliphatic hydroxyl groups excluding tert-OH is 2. The molecular weight excluding hydrogens is 388 g/mol. The minimum Gasteiger partial charge on any atom is -0.491 e. The molecule has 4 heteroatoms. The van der Waals surface area contributed by atoms with E-state index in [0.717, 1.165) is 37.0 Å². The number of ether oxygens (including phenoxy) is 1. The SMILES string of the molecule is CCC(CC)(c1ccc(CCC(C)(C)O)c(C)c1)c1ccc(OCC(O)CO)c(C)c1. The Hall–Kier alpha value is -1.88. The van der Waals surface area contributed by atoms with Crippen LogP contribution < -0.4 is 4.74 Å². The second-order valence-electron chi connectivity index (χ2n) is 9.37. The molecule has 2 rings (SSSR count). The minimum absolute atomic E-state index is 0.0781. The maximum Gasteiger partial charge on any atom is 0.122 e. The van der Waals surface area contributed by atoms with Gasteiger partial charge in [0, 0.05) is 5.41 Å². The lowest BCUT2D eigenvalue weighted by atomic mass is 9.69. The molecule has 0 saturated heterocycles. The van der Waals surface area contributed by atoms with Crippen molar-refractivity contribution < 1.29 is 20.1 Å². The van der Waals surface area contributed by atoms with Crippen LogP contribution in [0.1, 0.15) is 74.8 Å². The van der Waals surface area contributed by atoms with Gasteiger partial charge in [-0.25, -0.2) is 0 Å². The van der Waals surface area contributed by atoms with E-state index in [1.54, 1.807) is 0 Å². The van der Waals surface area contributed by atoms with E-state index < -0.39 is 11.7 Å². The number of benzene rings is 2. The zero-order valence-corrected chi connectivity index (χ0v) is 20.0. The molecule has 0 heterocycles. The third kappa shape index (κ3) is 6.31. The topological polar surface area (TPSA) is 69.9 Å². The summed E-state index contributed by atoms with van der Waals surface area (Å²) in [6, 6.07) is 13.1. The summed E-state index contributed by atoms with van der Waals surface area (Å²) >= 11 is 0. The molecule has 0 fully saturated rings. The van der Waals surface area contributed by atoms with Crippen molar-refractivity contribution in [1.82, 2.24) is 0 Å². The summed E-state index contributed by atoms with van der Waals surface area (Å²) in [6.45, 7) is 12.1. The highest BCUT2D eigenvalue weighted by molar-refractivity contribution is 5.47. The molecule has 2 aromatic rings. The average molecular weight is 429 g/mol. The fourth-order valence-electron chi connectivity index (χ4n) is 4.30. The summed E-state index contributed by atoms with van der Waals surface area (Å²) in [5.41, 5.74) is 5.40. The molecule has 0 aliphatic heterocycles. The third-order valence-corrected chi connectivity index (χ3v) is 6.48. The monoisotopic (exact) mass is 428 g/mol. The number of hydrogen-bond donors (Lipinski definition) is 3. The lowest BCUT2D eigenvalue weighted by molar-refractivity contribution is 0.0534. The van der Waals surface area contributed by atoms with E-state index in [1.807, 2.05) is 26.8 Å². The van der Waals surface area contributed by atoms with Crippen LogP contribution in [0.5, 0.6) is 5.75 Å². The molecule has 4 nitrogen and oxygen atoms in total. The first-order valence-corrected chi connectivity index (χ1v) is 11.4. The first kappa shape index (κ1) is 25.4. The van der Waals surface area contributed by atoms with E-state index in [2.05, 4.69) is 51.1 Å². The zero-order valence-electron chi connectivity index (χ0n) is 20.0. The summed E-state index contributed by atoms with van der Waals surface area (Å²) in [4.78, 5) is 0. The van der Waals surface area contributed by atoms with Crippen molar-refractivity contribution in [3.8, 4) is 5.75 Å². The van der Waals surface area contributed by atoms with Crippen molar-refractivity contribution in [2.24, 2.45) is 0 Å². The molecule has 0 aliphatic carbocycles. The first-order valence-electron chi connectivity index (χ1n) is 11.4. The Morgan fingerprint density at radius 3 is 2.00 bits per heavy atom. The predicted octanol–water partition coefficient (Wildman–Crippen LogP) is 4.85. The number of aliphatic hydroxyl groups is 3. The van der Waals surface area contributed by atoms with Gasteiger partial charge in [-0.05, 0) is 87.3 Å². The van der Waals surface area contributed by atoms with E-state index in [1.165, 1.54) is 22.3 Å². The van der Waals surface area contributed by atoms with Gasteiger partial charge < -0.3 is 20.1 Å². The van der Waals surface area contributed by atoms with Crippen molar-refractivity contribution in [3.63, 3.8) is 0 Å². The molecule has 172 valence electrons. The van der Waals surface area contributed by atoms with Crippen LogP contribution in [0.4, 0.5) is 0 Å². The largest absolute Gasteiger partial charge is 0.491 e. The molecule has 0 amide bonds. The Labute approximate surface area is 187 Å². The summed E-state index contributed by atoms with van der Waals surface area (Å²) in [6.07, 6.45) is 2.70. The molecule has 1 atom stereocenters. The van der Waals surface area contributed by atoms with Crippen molar-refractivity contribution in [1.29, 1.82) is 0 Å². The first-order chi connectivity index (χ1) is 14.6. The minimum atomic E-state index is -0.873. The molecule has 0 spiro atoms. The zero-order chi connectivity index (χ0) is 23.2. The predicted molar refractivity (Wildman–Crippen MR) is 127 cm³/mol. The number of aryl methyl sites for hydroxylation is 3. The maximum atomic E-state index is 10.1. The van der Waals surface area contributed by atoms with E-state index >= 15 is 0 Å². The average Bonchev–Trinajstić information content (AvgIpc) is 2.72. The molecule has 0 aliphatic rings. The smallest absolute Gasteiger partial charge is 0.122 e. The quantitative estimate of drug-likeness (QED) is 0.479. The molecule has 2 aromatic carbocycles. The van der Waals surface area contributed by atoms with Crippen LogP contribution in [0.15, 0.2) is 36.4 Å². The maximum absolute atomic E-state index is 10.1. The third-order valence-electron chi connectivity index (χ3n) is 6.48. The summed E-state index contributed by atoms with van der Waals surface area (Å²) in [5.74, 6) is 0.732. The van der Waals surface area contributed by atoms with E-state index in [4.69, 9.17) is 9.84 Å². The van der Waals surface area contributed by atoms with Crippen molar-refractivity contribution in [3.05, 3.63) is 64.2 Å². The molecule has 1 unspecified atom stereocenters. The van der Waals surface area contributed by atoms with Gasteiger partial charge in [0.15, 0.2) is 0 Å². The van der Waals surface area contributed by atoms with Gasteiger partial charge in [-0.15, -0.1) is 0 Å². The highest BCUT2D eigenvalue weighted by Gasteiger charge is 2.31. The second-order valence-corrected chi connectivity index (χ2v) is 9.37. The lowest BCUT2D eigenvalue weighted by Crippen LogP contribution is -2.27. The van der Waals surface area contributed by atoms with Crippen LogP contribution in [0.25, 0.3) is 0 Å². The molecule has 3 N–H and O–H groups in total. The fraction of sp³-hybridized carbons (Fsp3) is 0.556. The van der Waals surface area contributed by atoms with Gasteiger partial charge in [-0.2, -0.15) is 0 Å². The van der Waals surface area contributed by atoms with Gasteiger partial charge in [0.25, 0.3) is 0 Å². The summed E-state index contributed by atoms with van der Waals surface area (Å²) in [5, 5.41) is 28.6. The van der Waals surface area contributed by atoms with Gasteiger partial charge in [0.05, 0.1) is 12.2 Å². The van der Waals surface area contributed by atoms with Gasteiger partial charge in [-0.1, -0.05) is 44.2 Å². The Morgan fingerprint density at radius 2 is 1.52 bits per heavy atom. The van der Waals surface area contributed by atoms with Crippen molar-refractivity contribution in [2.45, 2.75) is 84.3 Å². The second kappa shape index (κ2) is 10.6. The van der Waals surface area contributed by atoms with Crippen LogP contribution >= 0.6 is 0 Å². The molecule has 0 saturated carbocycles. The Morgan fingerprint density at radius 1 is 0.935 bits per heavy atom. The van der Waals surface area contributed by atoms with Gasteiger partial charge in [0.1, 0.15) is 18.5 Å². The molecular formula is C27H40O4. The van der Waals surface area contributed by atoms with Gasteiger partial charge in [-0.3, -0.25) is 0 Å². The van der Waals surface area contributed by atoms with Crippen LogP contribution in [-0.2, 0) is 11.8 Å². The molecule has 0 aromatic heterocycles. The van der Waals surface area contributed by atoms with Crippen LogP contribution in [-0.4, -0.2) is 40.2 Å². The normalized spacial score (nSPS) is 13.3. The number of rotatable bonds is 11. The lowest BCUT2D eigenvalue weighted by Gasteiger charge is -2.34. The Balaban J connectivity index is 2.35. The Bertz CT molecular complexity index is 847. The van der Waals surface area contributed by atoms with E-state index in [0.29, 0.717) is 0 Å². The van der Waals surface area contributed by atoms with Crippen molar-refractivity contribution in [2.75, 3.05) is 13.2 Å². The van der Waals surface area contributed by atoms with Gasteiger partial charge in [0.2, 0.25) is 0 Å². The molecule has 0 radical (unpaired) electrons. The van der Waals surface area contributed by atoms with Crippen molar-refractivity contribution >= 4 is 0 Å².